The van der Waals surface area contributed by atoms with E-state index in [2.05, 4.69) is 264 Å². The molecule has 0 unspecified atom stereocenters. The zero-order valence-electron chi connectivity index (χ0n) is 37.1. The third kappa shape index (κ3) is 5.91. The molecule has 0 bridgehead atoms. The number of fused-ring (bicyclic) bond motifs is 14. The summed E-state index contributed by atoms with van der Waals surface area (Å²) in [7, 11) is 0. The van der Waals surface area contributed by atoms with Gasteiger partial charge in [-0.3, -0.25) is 0 Å². The molecule has 0 amide bonds. The molecule has 2 nitrogen and oxygen atoms in total. The lowest BCUT2D eigenvalue weighted by molar-refractivity contribution is 1.18. The standard InChI is InChI=1S/C66H42N2/c1-3-19-47(20-4-1)67(49-34-31-43(32-35-49)61-39-44-17-7-9-23-51(44)53-25-11-15-29-57(53)61)50-36-38-60-64(42-50)68(48-21-5-2-6-22-48)66-52-24-10-8-18-45(52)40-62(65(60)66)46-33-37-59-56-28-13-12-26-54(56)55-27-14-16-30-58(55)63(59)41-46/h1-42H. The second kappa shape index (κ2) is 15.3. The Morgan fingerprint density at radius 1 is 0.265 bits per heavy atom. The van der Waals surface area contributed by atoms with Gasteiger partial charge in [-0.15, -0.1) is 0 Å². The van der Waals surface area contributed by atoms with Crippen molar-refractivity contribution in [3.8, 4) is 27.9 Å². The van der Waals surface area contributed by atoms with E-state index in [1.807, 2.05) is 0 Å². The number of nitrogens with zero attached hydrogens (tertiary/aromatic N) is 2. The summed E-state index contributed by atoms with van der Waals surface area (Å²) in [4.78, 5) is 2.40. The Labute approximate surface area is 393 Å². The number of hydrogen-bond donors (Lipinski definition) is 0. The van der Waals surface area contributed by atoms with Crippen LogP contribution in [0.1, 0.15) is 0 Å². The predicted molar refractivity (Wildman–Crippen MR) is 291 cm³/mol. The van der Waals surface area contributed by atoms with Gasteiger partial charge in [0.25, 0.3) is 0 Å². The van der Waals surface area contributed by atoms with Gasteiger partial charge in [-0.05, 0) is 148 Å². The fraction of sp³-hybridized carbons (Fsp3) is 0. The molecule has 0 aliphatic heterocycles. The van der Waals surface area contributed by atoms with Crippen LogP contribution in [0.4, 0.5) is 17.1 Å². The Hall–Kier alpha value is -8.98. The highest BCUT2D eigenvalue weighted by Gasteiger charge is 2.23. The zero-order chi connectivity index (χ0) is 44.7. The predicted octanol–water partition coefficient (Wildman–Crippen LogP) is 18.5. The van der Waals surface area contributed by atoms with Crippen molar-refractivity contribution in [3.05, 3.63) is 255 Å². The average molecular weight is 863 g/mol. The summed E-state index contributed by atoms with van der Waals surface area (Å²) in [5.74, 6) is 0. The lowest BCUT2D eigenvalue weighted by atomic mass is 9.90. The van der Waals surface area contributed by atoms with E-state index >= 15 is 0 Å². The third-order valence-electron chi connectivity index (χ3n) is 14.3. The molecule has 14 rings (SSSR count). The first kappa shape index (κ1) is 38.3. The molecular formula is C66H42N2. The number of benzene rings is 13. The summed E-state index contributed by atoms with van der Waals surface area (Å²) in [6, 6.07) is 93.9. The van der Waals surface area contributed by atoms with Crippen molar-refractivity contribution in [2.24, 2.45) is 0 Å². The van der Waals surface area contributed by atoms with Crippen LogP contribution in [0.15, 0.2) is 255 Å². The van der Waals surface area contributed by atoms with Crippen molar-refractivity contribution in [1.82, 2.24) is 4.57 Å². The fourth-order valence-corrected chi connectivity index (χ4v) is 11.3. The van der Waals surface area contributed by atoms with E-state index in [1.54, 1.807) is 0 Å². The maximum atomic E-state index is 2.50. The van der Waals surface area contributed by atoms with E-state index in [0.29, 0.717) is 0 Å². The van der Waals surface area contributed by atoms with Crippen LogP contribution in [0.25, 0.3) is 114 Å². The summed E-state index contributed by atoms with van der Waals surface area (Å²) in [6.07, 6.45) is 0. The first-order valence-electron chi connectivity index (χ1n) is 23.5. The van der Waals surface area contributed by atoms with E-state index in [4.69, 9.17) is 0 Å². The molecule has 0 aliphatic rings. The Bertz CT molecular complexity index is 4260. The first-order valence-corrected chi connectivity index (χ1v) is 23.5. The van der Waals surface area contributed by atoms with Gasteiger partial charge in [0.2, 0.25) is 0 Å². The quantitative estimate of drug-likeness (QED) is 0.151. The third-order valence-corrected chi connectivity index (χ3v) is 14.3. The Kier molecular flexibility index (Phi) is 8.62. The zero-order valence-corrected chi connectivity index (χ0v) is 37.1. The maximum absolute atomic E-state index is 2.50. The minimum absolute atomic E-state index is 1.09. The van der Waals surface area contributed by atoms with Crippen LogP contribution in [-0.4, -0.2) is 4.57 Å². The van der Waals surface area contributed by atoms with Crippen LogP contribution in [0.2, 0.25) is 0 Å². The molecule has 0 saturated carbocycles. The van der Waals surface area contributed by atoms with Gasteiger partial charge in [-0.1, -0.05) is 188 Å². The second-order valence-corrected chi connectivity index (χ2v) is 18.0. The highest BCUT2D eigenvalue weighted by atomic mass is 15.1. The van der Waals surface area contributed by atoms with Gasteiger partial charge in [-0.2, -0.15) is 0 Å². The molecule has 0 N–H and O–H groups in total. The SMILES string of the molecule is c1ccc(N(c2ccc(-c3cc4ccccc4c4ccccc34)cc2)c2ccc3c4c(-c5ccc6c7ccccc7c7ccccc7c6c5)cc5ccccc5c4n(-c4ccccc4)c3c2)cc1. The van der Waals surface area contributed by atoms with Gasteiger partial charge in [0, 0.05) is 38.9 Å². The fourth-order valence-electron chi connectivity index (χ4n) is 11.3. The van der Waals surface area contributed by atoms with E-state index in [-0.39, 0.29) is 0 Å². The molecule has 0 saturated heterocycles. The molecule has 1 heterocycles. The van der Waals surface area contributed by atoms with Gasteiger partial charge in [-0.25, -0.2) is 0 Å². The average Bonchev–Trinajstić information content (AvgIpc) is 3.76. The van der Waals surface area contributed by atoms with Crippen LogP contribution < -0.4 is 4.90 Å². The van der Waals surface area contributed by atoms with Crippen LogP contribution >= 0.6 is 0 Å². The van der Waals surface area contributed by atoms with Crippen molar-refractivity contribution in [1.29, 1.82) is 0 Å². The largest absolute Gasteiger partial charge is 0.310 e. The van der Waals surface area contributed by atoms with Crippen LogP contribution in [0, 0.1) is 0 Å². The molecular weight excluding hydrogens is 821 g/mol. The Morgan fingerprint density at radius 2 is 0.721 bits per heavy atom. The minimum atomic E-state index is 1.09. The summed E-state index contributed by atoms with van der Waals surface area (Å²) in [5, 5.41) is 17.6. The first-order chi connectivity index (χ1) is 33.7. The summed E-state index contributed by atoms with van der Waals surface area (Å²) >= 11 is 0. The number of rotatable bonds is 6. The maximum Gasteiger partial charge on any atom is 0.0625 e. The lowest BCUT2D eigenvalue weighted by Gasteiger charge is -2.26. The van der Waals surface area contributed by atoms with Crippen molar-refractivity contribution in [2.75, 3.05) is 4.90 Å². The topological polar surface area (TPSA) is 8.17 Å². The number of para-hydroxylation sites is 2. The van der Waals surface area contributed by atoms with Crippen LogP contribution in [0.5, 0.6) is 0 Å². The van der Waals surface area contributed by atoms with Gasteiger partial charge in [0.15, 0.2) is 0 Å². The summed E-state index contributed by atoms with van der Waals surface area (Å²) in [6.45, 7) is 0. The lowest BCUT2D eigenvalue weighted by Crippen LogP contribution is -2.10. The normalized spacial score (nSPS) is 11.8. The Balaban J connectivity index is 1.00. The molecule has 14 aromatic rings. The number of aromatic nitrogens is 1. The molecule has 0 fully saturated rings. The van der Waals surface area contributed by atoms with Crippen LogP contribution in [0.3, 0.4) is 0 Å². The van der Waals surface area contributed by atoms with Gasteiger partial charge in [0.1, 0.15) is 0 Å². The smallest absolute Gasteiger partial charge is 0.0625 e. The van der Waals surface area contributed by atoms with E-state index < -0.39 is 0 Å². The number of anilines is 3. The van der Waals surface area contributed by atoms with Gasteiger partial charge < -0.3 is 9.47 Å². The van der Waals surface area contributed by atoms with Gasteiger partial charge in [0.05, 0.1) is 11.0 Å². The molecule has 0 spiro atoms. The van der Waals surface area contributed by atoms with Gasteiger partial charge >= 0.3 is 0 Å². The summed E-state index contributed by atoms with van der Waals surface area (Å²) in [5.41, 5.74) is 11.6. The second-order valence-electron chi connectivity index (χ2n) is 18.0. The van der Waals surface area contributed by atoms with E-state index in [0.717, 1.165) is 28.3 Å². The highest BCUT2D eigenvalue weighted by Crippen LogP contribution is 2.47. The minimum Gasteiger partial charge on any atom is -0.310 e. The van der Waals surface area contributed by atoms with Crippen molar-refractivity contribution in [2.45, 2.75) is 0 Å². The molecule has 1 aromatic heterocycles. The van der Waals surface area contributed by atoms with E-state index in [9.17, 15) is 0 Å². The summed E-state index contributed by atoms with van der Waals surface area (Å²) < 4.78 is 2.50. The monoisotopic (exact) mass is 862 g/mol. The number of hydrogen-bond acceptors (Lipinski definition) is 1. The van der Waals surface area contributed by atoms with Crippen molar-refractivity contribution in [3.63, 3.8) is 0 Å². The molecule has 68 heavy (non-hydrogen) atoms. The van der Waals surface area contributed by atoms with E-state index in [1.165, 1.54) is 103 Å². The highest BCUT2D eigenvalue weighted by molar-refractivity contribution is 6.28. The van der Waals surface area contributed by atoms with Crippen LogP contribution in [-0.2, 0) is 0 Å². The molecule has 0 aliphatic carbocycles. The molecule has 2 heteroatoms. The molecule has 0 radical (unpaired) electrons. The molecule has 0 atom stereocenters. The molecule has 13 aromatic carbocycles. The molecule has 316 valence electrons. The van der Waals surface area contributed by atoms with Crippen molar-refractivity contribution >= 4 is 104 Å². The Morgan fingerprint density at radius 3 is 1.40 bits per heavy atom. The van der Waals surface area contributed by atoms with Crippen molar-refractivity contribution < 1.29 is 0 Å².